The molecule has 0 fully saturated rings. The quantitative estimate of drug-likeness (QED) is 0.313. The fourth-order valence-electron chi connectivity index (χ4n) is 5.21. The first-order valence-electron chi connectivity index (χ1n) is 14.8. The van der Waals surface area contributed by atoms with E-state index in [0.717, 1.165) is 48.4 Å². The molecule has 1 atom stereocenters. The van der Waals surface area contributed by atoms with Crippen LogP contribution in [0.25, 0.3) is 0 Å². The Morgan fingerprint density at radius 1 is 1.03 bits per heavy atom. The van der Waals surface area contributed by atoms with Crippen LogP contribution in [0.5, 0.6) is 11.5 Å². The maximum atomic E-state index is 12.0. The molecule has 3 aromatic carbocycles. The third-order valence-electron chi connectivity index (χ3n) is 7.17. The van der Waals surface area contributed by atoms with Crippen LogP contribution in [0.2, 0.25) is 0 Å². The molecule has 0 radical (unpaired) electrons. The first-order chi connectivity index (χ1) is 19.7. The molecule has 0 bridgehead atoms. The predicted octanol–water partition coefficient (Wildman–Crippen LogP) is 5.66. The molecule has 6 nitrogen and oxygen atoms in total. The van der Waals surface area contributed by atoms with Gasteiger partial charge in [-0.1, -0.05) is 36.4 Å². The van der Waals surface area contributed by atoms with E-state index in [-0.39, 0.29) is 18.6 Å². The van der Waals surface area contributed by atoms with Crippen molar-refractivity contribution in [2.45, 2.75) is 52.0 Å². The van der Waals surface area contributed by atoms with Gasteiger partial charge in [0.1, 0.15) is 11.5 Å². The number of aryl methyl sites for hydroxylation is 1. The van der Waals surface area contributed by atoms with Crippen molar-refractivity contribution >= 4 is 11.6 Å². The lowest BCUT2D eigenvalue weighted by Crippen LogP contribution is -2.25. The molecule has 0 saturated heterocycles. The summed E-state index contributed by atoms with van der Waals surface area (Å²) in [5, 5.41) is 2.84. The Balaban J connectivity index is 1.59. The van der Waals surface area contributed by atoms with Crippen molar-refractivity contribution in [3.63, 3.8) is 0 Å². The number of hydrogen-bond donors (Lipinski definition) is 1. The summed E-state index contributed by atoms with van der Waals surface area (Å²) in [6, 6.07) is 20.0. The Hall–Kier alpha value is -3.51. The number of fused-ring (bicyclic) bond motifs is 1. The summed E-state index contributed by atoms with van der Waals surface area (Å²) in [6.07, 6.45) is 3.14. The number of rotatable bonds is 12. The van der Waals surface area contributed by atoms with E-state index in [1.54, 1.807) is 13.2 Å². The van der Waals surface area contributed by atoms with Crippen LogP contribution >= 0.6 is 0 Å². The van der Waals surface area contributed by atoms with Crippen molar-refractivity contribution < 1.29 is 23.1 Å². The van der Waals surface area contributed by atoms with Gasteiger partial charge in [0.05, 0.1) is 17.6 Å². The lowest BCUT2D eigenvalue weighted by atomic mass is 9.79. The molecule has 0 saturated carbocycles. The van der Waals surface area contributed by atoms with E-state index < -0.39 is 7.04 Å². The van der Waals surface area contributed by atoms with Crippen molar-refractivity contribution in [2.75, 3.05) is 38.9 Å². The maximum Gasteiger partial charge on any atom is 0.224 e. The van der Waals surface area contributed by atoms with Gasteiger partial charge < -0.3 is 24.4 Å². The fourth-order valence-corrected chi connectivity index (χ4v) is 5.21. The molecule has 1 amide bonds. The van der Waals surface area contributed by atoms with Gasteiger partial charge in [0.2, 0.25) is 5.91 Å². The molecule has 0 spiro atoms. The molecule has 1 unspecified atom stereocenters. The molecular formula is C32H40N2O4. The number of amides is 1. The van der Waals surface area contributed by atoms with E-state index in [1.807, 2.05) is 37.3 Å². The first-order valence-corrected chi connectivity index (χ1v) is 13.3. The van der Waals surface area contributed by atoms with Gasteiger partial charge in [-0.25, -0.2) is 0 Å². The zero-order valence-corrected chi connectivity index (χ0v) is 22.6. The summed E-state index contributed by atoms with van der Waals surface area (Å²) in [5.41, 5.74) is 6.83. The number of nitrogens with zero attached hydrogens (tertiary/aromatic N) is 1. The molecule has 0 heterocycles. The second kappa shape index (κ2) is 13.3. The van der Waals surface area contributed by atoms with Crippen LogP contribution in [-0.2, 0) is 35.3 Å². The van der Waals surface area contributed by atoms with Gasteiger partial charge >= 0.3 is 0 Å². The number of nitrogens with one attached hydrogen (secondary N) is 1. The topological polar surface area (TPSA) is 60.0 Å². The van der Waals surface area contributed by atoms with Gasteiger partial charge in [-0.05, 0) is 85.0 Å². The van der Waals surface area contributed by atoms with Crippen LogP contribution < -0.4 is 19.7 Å². The molecule has 1 N–H and O–H groups in total. The number of carbonyl (C=O) groups excluding carboxylic acids is 1. The average molecular weight is 520 g/mol. The zero-order chi connectivity index (χ0) is 29.4. The van der Waals surface area contributed by atoms with E-state index in [9.17, 15) is 4.79 Å². The number of benzene rings is 3. The van der Waals surface area contributed by atoms with Crippen LogP contribution in [0.15, 0.2) is 60.7 Å². The van der Waals surface area contributed by atoms with Crippen LogP contribution in [-0.4, -0.2) is 39.9 Å². The van der Waals surface area contributed by atoms with Crippen molar-refractivity contribution in [3.8, 4) is 11.5 Å². The summed E-state index contributed by atoms with van der Waals surface area (Å²) in [6.45, 7) is 6.22. The number of methoxy groups -OCH3 is 2. The Morgan fingerprint density at radius 2 is 1.82 bits per heavy atom. The third-order valence-corrected chi connectivity index (χ3v) is 7.17. The number of anilines is 1. The molecule has 202 valence electrons. The summed E-state index contributed by atoms with van der Waals surface area (Å²) >= 11 is 0. The van der Waals surface area contributed by atoms with Gasteiger partial charge in [0.25, 0.3) is 0 Å². The Bertz CT molecular complexity index is 1310. The summed E-state index contributed by atoms with van der Waals surface area (Å²) in [4.78, 5) is 14.2. The molecule has 4 rings (SSSR count). The smallest absolute Gasteiger partial charge is 0.224 e. The monoisotopic (exact) mass is 519 g/mol. The lowest BCUT2D eigenvalue weighted by molar-refractivity contribution is -0.120. The fraction of sp³-hybridized carbons (Fsp3) is 0.406. The largest absolute Gasteiger partial charge is 0.497 e. The second-order valence-electron chi connectivity index (χ2n) is 9.70. The molecule has 1 aliphatic rings. The Labute approximate surface area is 231 Å². The number of ether oxygens (including phenoxy) is 3. The number of likely N-dealkylation sites (N-methyl/N-ethyl adjacent to an activating group) is 1. The van der Waals surface area contributed by atoms with Crippen molar-refractivity contribution in [1.82, 2.24) is 5.32 Å². The number of hydrogen-bond acceptors (Lipinski definition) is 5. The standard InChI is InChI=1S/C32H40N2O4/c1-5-33-32(35)17-23-7-9-24(10-8-23)21-34(6-2)31-20-28(37-4)15-16-30(31)27-12-11-26-19-29(38-22-36-3)14-13-25(26)18-27/h7-10,13-16,19-20,27H,5-6,11-12,17-18,21-22H2,1-4H3,(H,33,35)/i4D3. The number of carbonyl (C=O) groups is 1. The normalized spacial score (nSPS) is 16.0. The second-order valence-corrected chi connectivity index (χ2v) is 9.70. The van der Waals surface area contributed by atoms with Gasteiger partial charge in [-0.3, -0.25) is 4.79 Å². The summed E-state index contributed by atoms with van der Waals surface area (Å²) < 4.78 is 38.8. The minimum Gasteiger partial charge on any atom is -0.497 e. The highest BCUT2D eigenvalue weighted by Crippen LogP contribution is 2.40. The summed E-state index contributed by atoms with van der Waals surface area (Å²) in [7, 11) is -0.916. The van der Waals surface area contributed by atoms with E-state index in [1.165, 1.54) is 16.7 Å². The van der Waals surface area contributed by atoms with E-state index in [4.69, 9.17) is 18.3 Å². The lowest BCUT2D eigenvalue weighted by Gasteiger charge is -2.32. The minimum absolute atomic E-state index is 0.0129. The average Bonchev–Trinajstić information content (AvgIpc) is 2.94. The van der Waals surface area contributed by atoms with Crippen molar-refractivity contribution in [3.05, 3.63) is 88.5 Å². The van der Waals surface area contributed by atoms with Crippen LogP contribution in [0.3, 0.4) is 0 Å². The highest BCUT2D eigenvalue weighted by atomic mass is 16.7. The van der Waals surface area contributed by atoms with E-state index in [2.05, 4.69) is 41.4 Å². The molecule has 0 aromatic heterocycles. The van der Waals surface area contributed by atoms with Gasteiger partial charge in [-0.15, -0.1) is 0 Å². The van der Waals surface area contributed by atoms with Crippen LogP contribution in [0, 0.1) is 0 Å². The molecule has 6 heteroatoms. The molecular weight excluding hydrogens is 476 g/mol. The van der Waals surface area contributed by atoms with Gasteiger partial charge in [0.15, 0.2) is 6.79 Å². The van der Waals surface area contributed by atoms with Crippen LogP contribution in [0.4, 0.5) is 5.69 Å². The first kappa shape index (κ1) is 23.6. The molecule has 38 heavy (non-hydrogen) atoms. The molecule has 0 aliphatic heterocycles. The SMILES string of the molecule is [2H]C([2H])([2H])Oc1ccc(C2CCc3cc(OCOC)ccc3C2)c(N(CC)Cc2ccc(CC(=O)NCC)cc2)c1. The van der Waals surface area contributed by atoms with Crippen molar-refractivity contribution in [1.29, 1.82) is 0 Å². The Kier molecular flexibility index (Phi) is 8.28. The van der Waals surface area contributed by atoms with Gasteiger partial charge in [-0.2, -0.15) is 0 Å². The van der Waals surface area contributed by atoms with Crippen molar-refractivity contribution in [2.24, 2.45) is 0 Å². The molecule has 3 aromatic rings. The minimum atomic E-state index is -2.53. The predicted molar refractivity (Wildman–Crippen MR) is 152 cm³/mol. The third kappa shape index (κ3) is 6.87. The highest BCUT2D eigenvalue weighted by Gasteiger charge is 2.25. The summed E-state index contributed by atoms with van der Waals surface area (Å²) in [5.74, 6) is 1.43. The highest BCUT2D eigenvalue weighted by molar-refractivity contribution is 5.78. The van der Waals surface area contributed by atoms with E-state index in [0.29, 0.717) is 25.3 Å². The van der Waals surface area contributed by atoms with E-state index >= 15 is 0 Å². The van der Waals surface area contributed by atoms with Gasteiger partial charge in [0, 0.05) is 38.5 Å². The molecule has 1 aliphatic carbocycles. The Morgan fingerprint density at radius 3 is 2.55 bits per heavy atom. The zero-order valence-electron chi connectivity index (χ0n) is 25.6. The maximum absolute atomic E-state index is 12.0. The van der Waals surface area contributed by atoms with Crippen LogP contribution in [0.1, 0.15) is 58.1 Å².